The summed E-state index contributed by atoms with van der Waals surface area (Å²) in [7, 11) is 1.55. The van der Waals surface area contributed by atoms with Crippen LogP contribution in [-0.2, 0) is 4.79 Å². The van der Waals surface area contributed by atoms with Gasteiger partial charge in [0.25, 0.3) is 5.91 Å². The van der Waals surface area contributed by atoms with Crippen LogP contribution in [0.2, 0.25) is 0 Å². The summed E-state index contributed by atoms with van der Waals surface area (Å²) in [6, 6.07) is 6.88. The highest BCUT2D eigenvalue weighted by atomic mass is 16.5. The molecule has 4 heteroatoms. The highest BCUT2D eigenvalue weighted by Crippen LogP contribution is 2.25. The fourth-order valence-corrected chi connectivity index (χ4v) is 2.52. The molecule has 0 aromatic heterocycles. The maximum absolute atomic E-state index is 12.5. The Morgan fingerprint density at radius 2 is 1.62 bits per heavy atom. The van der Waals surface area contributed by atoms with E-state index in [4.69, 9.17) is 4.74 Å². The van der Waals surface area contributed by atoms with Gasteiger partial charge in [0.05, 0.1) is 12.8 Å². The van der Waals surface area contributed by atoms with Crippen LogP contribution in [0, 0.1) is 11.8 Å². The SMILES string of the molecule is COc1cccc(C(=O)N=C2C=C(C(C)C)C(=O)C(C(C)C)=C2)c1. The van der Waals surface area contributed by atoms with Crippen molar-refractivity contribution in [3.05, 3.63) is 53.1 Å². The molecule has 0 atom stereocenters. The van der Waals surface area contributed by atoms with Gasteiger partial charge >= 0.3 is 0 Å². The number of rotatable bonds is 4. The number of amides is 1. The predicted octanol–water partition coefficient (Wildman–Crippen LogP) is 4.02. The topological polar surface area (TPSA) is 55.7 Å². The molecule has 0 radical (unpaired) electrons. The molecule has 4 nitrogen and oxygen atoms in total. The van der Waals surface area contributed by atoms with E-state index in [1.165, 1.54) is 0 Å². The number of methoxy groups -OCH3 is 1. The molecule has 1 aromatic rings. The van der Waals surface area contributed by atoms with Crippen molar-refractivity contribution in [3.8, 4) is 5.75 Å². The lowest BCUT2D eigenvalue weighted by Crippen LogP contribution is -2.21. The van der Waals surface area contributed by atoms with E-state index in [-0.39, 0.29) is 23.5 Å². The smallest absolute Gasteiger partial charge is 0.277 e. The van der Waals surface area contributed by atoms with Crippen LogP contribution in [0.3, 0.4) is 0 Å². The van der Waals surface area contributed by atoms with Crippen LogP contribution in [0.15, 0.2) is 52.6 Å². The molecule has 0 bridgehead atoms. The van der Waals surface area contributed by atoms with Gasteiger partial charge in [0.15, 0.2) is 5.78 Å². The van der Waals surface area contributed by atoms with Crippen molar-refractivity contribution >= 4 is 17.4 Å². The zero-order valence-corrected chi connectivity index (χ0v) is 14.8. The standard InChI is InChI=1S/C20H23NO3/c1-12(2)17-10-15(11-18(13(3)4)19(17)22)21-20(23)14-7-6-8-16(9-14)24-5/h6-13H,1-5H3. The zero-order chi connectivity index (χ0) is 17.9. The van der Waals surface area contributed by atoms with Crippen molar-refractivity contribution in [2.24, 2.45) is 16.8 Å². The van der Waals surface area contributed by atoms with E-state index in [0.29, 0.717) is 28.2 Å². The minimum absolute atomic E-state index is 0.0489. The van der Waals surface area contributed by atoms with E-state index >= 15 is 0 Å². The summed E-state index contributed by atoms with van der Waals surface area (Å²) in [5.41, 5.74) is 2.37. The summed E-state index contributed by atoms with van der Waals surface area (Å²) in [5.74, 6) is 0.468. The van der Waals surface area contributed by atoms with Gasteiger partial charge in [-0.2, -0.15) is 0 Å². The second-order valence-electron chi connectivity index (χ2n) is 6.41. The van der Waals surface area contributed by atoms with Gasteiger partial charge in [-0.1, -0.05) is 33.8 Å². The third kappa shape index (κ3) is 3.88. The average Bonchev–Trinajstić information content (AvgIpc) is 2.55. The first-order valence-electron chi connectivity index (χ1n) is 8.08. The van der Waals surface area contributed by atoms with Crippen LogP contribution in [0.5, 0.6) is 5.75 Å². The molecule has 0 unspecified atom stereocenters. The van der Waals surface area contributed by atoms with Crippen molar-refractivity contribution < 1.29 is 14.3 Å². The summed E-state index contributed by atoms with van der Waals surface area (Å²) >= 11 is 0. The first-order valence-corrected chi connectivity index (χ1v) is 8.08. The summed E-state index contributed by atoms with van der Waals surface area (Å²) in [6.45, 7) is 7.87. The van der Waals surface area contributed by atoms with E-state index < -0.39 is 0 Å². The maximum atomic E-state index is 12.5. The fourth-order valence-electron chi connectivity index (χ4n) is 2.52. The summed E-state index contributed by atoms with van der Waals surface area (Å²) in [5, 5.41) is 0. The van der Waals surface area contributed by atoms with E-state index in [2.05, 4.69) is 4.99 Å². The molecule has 1 aliphatic rings. The molecule has 0 aliphatic heterocycles. The Morgan fingerprint density at radius 3 is 2.12 bits per heavy atom. The number of benzene rings is 1. The molecule has 126 valence electrons. The number of allylic oxidation sites excluding steroid dienone is 4. The molecule has 2 rings (SSSR count). The van der Waals surface area contributed by atoms with Crippen LogP contribution in [0.1, 0.15) is 38.1 Å². The van der Waals surface area contributed by atoms with E-state index in [1.54, 1.807) is 43.5 Å². The fraction of sp³-hybridized carbons (Fsp3) is 0.350. The van der Waals surface area contributed by atoms with Crippen molar-refractivity contribution in [1.82, 2.24) is 0 Å². The van der Waals surface area contributed by atoms with Gasteiger partial charge in [-0.3, -0.25) is 9.59 Å². The first kappa shape index (κ1) is 17.9. The minimum Gasteiger partial charge on any atom is -0.497 e. The molecule has 0 N–H and O–H groups in total. The van der Waals surface area contributed by atoms with E-state index in [1.807, 2.05) is 27.7 Å². The van der Waals surface area contributed by atoms with E-state index in [9.17, 15) is 9.59 Å². The molecular weight excluding hydrogens is 302 g/mol. The Morgan fingerprint density at radius 1 is 1.04 bits per heavy atom. The van der Waals surface area contributed by atoms with E-state index in [0.717, 1.165) is 0 Å². The Labute approximate surface area is 142 Å². The Bertz CT molecular complexity index is 722. The number of hydrogen-bond donors (Lipinski definition) is 0. The van der Waals surface area contributed by atoms with Gasteiger partial charge in [0.2, 0.25) is 0 Å². The molecule has 0 heterocycles. The lowest BCUT2D eigenvalue weighted by molar-refractivity contribution is -0.113. The van der Waals surface area contributed by atoms with Crippen LogP contribution in [-0.4, -0.2) is 24.5 Å². The molecule has 0 spiro atoms. The number of ether oxygens (including phenoxy) is 1. The van der Waals surface area contributed by atoms with Gasteiger partial charge in [-0.25, -0.2) is 4.99 Å². The van der Waals surface area contributed by atoms with Gasteiger partial charge in [-0.15, -0.1) is 0 Å². The second kappa shape index (κ2) is 7.39. The van der Waals surface area contributed by atoms with Crippen molar-refractivity contribution in [1.29, 1.82) is 0 Å². The normalized spacial score (nSPS) is 14.6. The van der Waals surface area contributed by atoms with Gasteiger partial charge in [-0.05, 0) is 42.2 Å². The molecule has 1 amide bonds. The third-order valence-corrected chi connectivity index (χ3v) is 3.92. The molecule has 0 fully saturated rings. The third-order valence-electron chi connectivity index (χ3n) is 3.92. The highest BCUT2D eigenvalue weighted by molar-refractivity contribution is 6.24. The first-order chi connectivity index (χ1) is 11.3. The van der Waals surface area contributed by atoms with Gasteiger partial charge in [0.1, 0.15) is 5.75 Å². The quantitative estimate of drug-likeness (QED) is 0.786. The van der Waals surface area contributed by atoms with Crippen LogP contribution in [0.25, 0.3) is 0 Å². The minimum atomic E-state index is -0.350. The van der Waals surface area contributed by atoms with Crippen LogP contribution in [0.4, 0.5) is 0 Å². The lowest BCUT2D eigenvalue weighted by Gasteiger charge is -2.19. The molecule has 24 heavy (non-hydrogen) atoms. The molecule has 1 aromatic carbocycles. The number of aliphatic imine (C=N–C) groups is 1. The lowest BCUT2D eigenvalue weighted by atomic mass is 9.84. The molecule has 1 aliphatic carbocycles. The van der Waals surface area contributed by atoms with Crippen molar-refractivity contribution in [3.63, 3.8) is 0 Å². The monoisotopic (exact) mass is 325 g/mol. The summed E-state index contributed by atoms with van der Waals surface area (Å²) in [4.78, 5) is 29.1. The average molecular weight is 325 g/mol. The molecule has 0 saturated heterocycles. The Balaban J connectivity index is 2.42. The number of Topliss-reactive ketones (excluding diaryl/α,β-unsaturated/α-hetero) is 1. The second-order valence-corrected chi connectivity index (χ2v) is 6.41. The number of ketones is 1. The van der Waals surface area contributed by atoms with Crippen molar-refractivity contribution in [2.45, 2.75) is 27.7 Å². The highest BCUT2D eigenvalue weighted by Gasteiger charge is 2.25. The van der Waals surface area contributed by atoms with Crippen LogP contribution < -0.4 is 4.74 Å². The van der Waals surface area contributed by atoms with Crippen LogP contribution >= 0.6 is 0 Å². The number of carbonyl (C=O) groups excluding carboxylic acids is 2. The predicted molar refractivity (Wildman–Crippen MR) is 95.6 cm³/mol. The summed E-state index contributed by atoms with van der Waals surface area (Å²) < 4.78 is 5.14. The largest absolute Gasteiger partial charge is 0.497 e. The number of carbonyl (C=O) groups is 2. The Hall–Kier alpha value is -2.49. The number of nitrogens with zero attached hydrogens (tertiary/aromatic N) is 1. The maximum Gasteiger partial charge on any atom is 0.277 e. The molecule has 0 saturated carbocycles. The van der Waals surface area contributed by atoms with Gasteiger partial charge < -0.3 is 4.74 Å². The van der Waals surface area contributed by atoms with Gasteiger partial charge in [0, 0.05) is 16.7 Å². The number of hydrogen-bond acceptors (Lipinski definition) is 3. The Kier molecular flexibility index (Phi) is 5.50. The summed E-state index contributed by atoms with van der Waals surface area (Å²) in [6.07, 6.45) is 3.44. The molecular formula is C20H23NO3. The van der Waals surface area contributed by atoms with Crippen molar-refractivity contribution in [2.75, 3.05) is 7.11 Å². The zero-order valence-electron chi connectivity index (χ0n) is 14.8.